The fourth-order valence-electron chi connectivity index (χ4n) is 5.09. The summed E-state index contributed by atoms with van der Waals surface area (Å²) in [6.45, 7) is 5.89. The molecule has 0 radical (unpaired) electrons. The van der Waals surface area contributed by atoms with Crippen LogP contribution < -0.4 is 15.8 Å². The van der Waals surface area contributed by atoms with E-state index in [9.17, 15) is 14.0 Å². The molecule has 1 N–H and O–H groups in total. The lowest BCUT2D eigenvalue weighted by atomic mass is 9.97. The molecule has 0 bridgehead atoms. The molecule has 0 atom stereocenters. The first-order chi connectivity index (χ1) is 17.5. The van der Waals surface area contributed by atoms with Crippen molar-refractivity contribution < 1.29 is 13.9 Å². The number of pyridine rings is 1. The van der Waals surface area contributed by atoms with Crippen LogP contribution in [-0.2, 0) is 11.3 Å². The van der Waals surface area contributed by atoms with Gasteiger partial charge in [-0.25, -0.2) is 4.39 Å². The van der Waals surface area contributed by atoms with Crippen LogP contribution in [0.3, 0.4) is 0 Å². The summed E-state index contributed by atoms with van der Waals surface area (Å²) < 4.78 is 21.4. The zero-order valence-corrected chi connectivity index (χ0v) is 20.7. The van der Waals surface area contributed by atoms with E-state index < -0.39 is 5.82 Å². The number of piperidine rings is 1. The lowest BCUT2D eigenvalue weighted by Crippen LogP contribution is -2.36. The van der Waals surface area contributed by atoms with Crippen molar-refractivity contribution in [3.05, 3.63) is 76.0 Å². The van der Waals surface area contributed by atoms with Crippen LogP contribution in [0.4, 0.5) is 10.1 Å². The summed E-state index contributed by atoms with van der Waals surface area (Å²) in [5.41, 5.74) is 1.79. The molecule has 3 aromatic rings. The number of hydrogen-bond acceptors (Lipinski definition) is 5. The largest absolute Gasteiger partial charge is 0.378 e. The lowest BCUT2D eigenvalue weighted by Gasteiger charge is -2.29. The number of ether oxygens (including phenoxy) is 1. The van der Waals surface area contributed by atoms with Gasteiger partial charge in [-0.15, -0.1) is 0 Å². The highest BCUT2D eigenvalue weighted by Gasteiger charge is 2.18. The number of morpholine rings is 1. The Balaban J connectivity index is 1.30. The summed E-state index contributed by atoms with van der Waals surface area (Å²) in [4.78, 5) is 30.5. The molecule has 1 amide bonds. The minimum absolute atomic E-state index is 0.140. The van der Waals surface area contributed by atoms with Crippen molar-refractivity contribution in [1.29, 1.82) is 0 Å². The van der Waals surface area contributed by atoms with Crippen molar-refractivity contribution in [2.75, 3.05) is 57.9 Å². The molecule has 3 heterocycles. The number of amides is 1. The van der Waals surface area contributed by atoms with Crippen LogP contribution in [0.1, 0.15) is 28.8 Å². The van der Waals surface area contributed by atoms with E-state index in [1.807, 2.05) is 24.3 Å². The van der Waals surface area contributed by atoms with Gasteiger partial charge in [-0.05, 0) is 92.3 Å². The van der Waals surface area contributed by atoms with E-state index in [1.165, 1.54) is 12.1 Å². The van der Waals surface area contributed by atoms with E-state index in [4.69, 9.17) is 4.74 Å². The molecule has 2 aliphatic heterocycles. The van der Waals surface area contributed by atoms with E-state index in [1.54, 1.807) is 16.8 Å². The number of nitrogens with zero attached hydrogens (tertiary/aromatic N) is 3. The average molecular weight is 493 g/mol. The number of nitrogens with one attached hydrogen (secondary N) is 1. The number of aromatic nitrogens is 1. The van der Waals surface area contributed by atoms with Crippen molar-refractivity contribution in [2.24, 2.45) is 5.92 Å². The summed E-state index contributed by atoms with van der Waals surface area (Å²) in [5, 5.41) is 4.45. The third-order valence-corrected chi connectivity index (χ3v) is 7.30. The van der Waals surface area contributed by atoms with Crippen molar-refractivity contribution in [1.82, 2.24) is 14.8 Å². The normalized spacial score (nSPS) is 17.4. The van der Waals surface area contributed by atoms with Gasteiger partial charge >= 0.3 is 0 Å². The second kappa shape index (κ2) is 10.8. The van der Waals surface area contributed by atoms with Crippen LogP contribution in [0.15, 0.2) is 53.5 Å². The number of halogens is 1. The molecule has 0 aliphatic carbocycles. The lowest BCUT2D eigenvalue weighted by molar-refractivity contribution is 0.0938. The number of fused-ring (bicyclic) bond motifs is 1. The van der Waals surface area contributed by atoms with Crippen LogP contribution in [0.25, 0.3) is 10.8 Å². The average Bonchev–Trinajstić information content (AvgIpc) is 2.90. The number of carbonyl (C=O) groups is 1. The van der Waals surface area contributed by atoms with Crippen molar-refractivity contribution in [3.63, 3.8) is 0 Å². The Morgan fingerprint density at radius 2 is 1.83 bits per heavy atom. The number of carbonyl (C=O) groups excluding carboxylic acids is 1. The van der Waals surface area contributed by atoms with Crippen LogP contribution in [0.5, 0.6) is 0 Å². The Morgan fingerprint density at radius 3 is 2.61 bits per heavy atom. The van der Waals surface area contributed by atoms with E-state index in [0.29, 0.717) is 36.6 Å². The Hall–Kier alpha value is -3.23. The minimum Gasteiger partial charge on any atom is -0.378 e. The first-order valence-corrected chi connectivity index (χ1v) is 12.7. The topological polar surface area (TPSA) is 66.8 Å². The van der Waals surface area contributed by atoms with Gasteiger partial charge in [0.05, 0.1) is 19.8 Å². The zero-order chi connectivity index (χ0) is 25.1. The van der Waals surface area contributed by atoms with Gasteiger partial charge in [0.2, 0.25) is 0 Å². The van der Waals surface area contributed by atoms with Gasteiger partial charge in [0.15, 0.2) is 0 Å². The summed E-state index contributed by atoms with van der Waals surface area (Å²) in [6, 6.07) is 12.1. The highest BCUT2D eigenvalue weighted by atomic mass is 19.1. The smallest absolute Gasteiger partial charge is 0.258 e. The number of rotatable bonds is 6. The molecule has 2 aromatic carbocycles. The van der Waals surface area contributed by atoms with Crippen LogP contribution in [0, 0.1) is 11.7 Å². The highest BCUT2D eigenvalue weighted by molar-refractivity contribution is 5.94. The molecule has 2 fully saturated rings. The van der Waals surface area contributed by atoms with Crippen LogP contribution in [0.2, 0.25) is 0 Å². The van der Waals surface area contributed by atoms with E-state index in [2.05, 4.69) is 22.2 Å². The molecule has 8 heteroatoms. The minimum atomic E-state index is -0.485. The second-order valence-corrected chi connectivity index (χ2v) is 9.92. The van der Waals surface area contributed by atoms with Gasteiger partial charge in [-0.1, -0.05) is 0 Å². The number of benzene rings is 2. The fraction of sp³-hybridized carbons (Fsp3) is 0.429. The number of anilines is 1. The fourth-order valence-corrected chi connectivity index (χ4v) is 5.09. The molecule has 2 aliphatic rings. The van der Waals surface area contributed by atoms with Gasteiger partial charge in [-0.2, -0.15) is 0 Å². The molecule has 7 nitrogen and oxygen atoms in total. The number of likely N-dealkylation sites (tertiary alicyclic amines) is 1. The van der Waals surface area contributed by atoms with E-state index >= 15 is 0 Å². The summed E-state index contributed by atoms with van der Waals surface area (Å²) in [7, 11) is 2.10. The Bertz CT molecular complexity index is 1290. The molecule has 0 saturated carbocycles. The molecule has 0 spiro atoms. The molecule has 190 valence electrons. The maximum absolute atomic E-state index is 14.4. The van der Waals surface area contributed by atoms with Crippen molar-refractivity contribution in [2.45, 2.75) is 19.4 Å². The van der Waals surface area contributed by atoms with Crippen LogP contribution in [-0.4, -0.2) is 68.4 Å². The SMILES string of the molecule is CN1CCC(CNC(=O)c2cc(F)cc(Cn3ccc4cc(N5CCOCC5)ccc4c3=O)c2)CC1. The first-order valence-electron chi connectivity index (χ1n) is 12.7. The summed E-state index contributed by atoms with van der Waals surface area (Å²) in [5.74, 6) is -0.324. The van der Waals surface area contributed by atoms with Gasteiger partial charge in [-0.3, -0.25) is 9.59 Å². The number of hydrogen-bond donors (Lipinski definition) is 1. The van der Waals surface area contributed by atoms with Gasteiger partial charge in [0.25, 0.3) is 11.5 Å². The molecular formula is C28H33FN4O3. The third-order valence-electron chi connectivity index (χ3n) is 7.30. The predicted molar refractivity (Wildman–Crippen MR) is 139 cm³/mol. The second-order valence-electron chi connectivity index (χ2n) is 9.92. The van der Waals surface area contributed by atoms with E-state index in [0.717, 1.165) is 50.1 Å². The maximum atomic E-state index is 14.4. The highest BCUT2D eigenvalue weighted by Crippen LogP contribution is 2.22. The zero-order valence-electron chi connectivity index (χ0n) is 20.7. The van der Waals surface area contributed by atoms with Crippen LogP contribution >= 0.6 is 0 Å². The first kappa shape index (κ1) is 24.5. The molecular weight excluding hydrogens is 459 g/mol. The standard InChI is InChI=1S/C28H33FN4O3/c1-31-7-4-20(5-8-31)18-30-27(34)23-14-21(15-24(29)16-23)19-33-9-6-22-17-25(2-3-26(22)28(33)35)32-10-12-36-13-11-32/h2-3,6,9,14-17,20H,4-5,7-8,10-13,18-19H2,1H3,(H,30,34). The Morgan fingerprint density at radius 1 is 1.06 bits per heavy atom. The van der Waals surface area contributed by atoms with Crippen molar-refractivity contribution in [3.8, 4) is 0 Å². The summed E-state index contributed by atoms with van der Waals surface area (Å²) >= 11 is 0. The molecule has 5 rings (SSSR count). The monoisotopic (exact) mass is 492 g/mol. The predicted octanol–water partition coefficient (Wildman–Crippen LogP) is 3.10. The van der Waals surface area contributed by atoms with E-state index in [-0.39, 0.29) is 23.6 Å². The quantitative estimate of drug-likeness (QED) is 0.573. The molecule has 2 saturated heterocycles. The Labute approximate surface area is 210 Å². The maximum Gasteiger partial charge on any atom is 0.258 e. The molecule has 1 aromatic heterocycles. The van der Waals surface area contributed by atoms with Gasteiger partial charge in [0.1, 0.15) is 5.82 Å². The third kappa shape index (κ3) is 5.60. The molecule has 36 heavy (non-hydrogen) atoms. The summed E-state index contributed by atoms with van der Waals surface area (Å²) in [6.07, 6.45) is 3.83. The van der Waals surface area contributed by atoms with Crippen molar-refractivity contribution >= 4 is 22.4 Å². The Kier molecular flexibility index (Phi) is 7.34. The van der Waals surface area contributed by atoms with Gasteiger partial charge in [0, 0.05) is 42.5 Å². The molecule has 0 unspecified atom stereocenters. The van der Waals surface area contributed by atoms with Gasteiger partial charge < -0.3 is 24.4 Å².